The average Bonchev–Trinajstić information content (AvgIpc) is 2.84. The SMILES string of the molecule is Cc1nn(Cc2c(Cl)cccc2Cl)c(Cl)c1C=NN1CCCCC1. The molecular formula is C17H19Cl3N4. The second-order valence-corrected chi connectivity index (χ2v) is 7.08. The summed E-state index contributed by atoms with van der Waals surface area (Å²) in [4.78, 5) is 0. The third-order valence-electron chi connectivity index (χ3n) is 4.16. The lowest BCUT2D eigenvalue weighted by Crippen LogP contribution is -2.24. The van der Waals surface area contributed by atoms with E-state index in [1.54, 1.807) is 10.9 Å². The summed E-state index contributed by atoms with van der Waals surface area (Å²) in [5.74, 6) is 0. The third kappa shape index (κ3) is 3.88. The Hall–Kier alpha value is -1.23. The molecule has 0 amide bonds. The zero-order chi connectivity index (χ0) is 17.1. The number of halogens is 3. The molecule has 3 rings (SSSR count). The Bertz CT molecular complexity index is 728. The molecule has 128 valence electrons. The number of piperidine rings is 1. The lowest BCUT2D eigenvalue weighted by Gasteiger charge is -2.23. The standard InChI is InChI=1S/C17H19Cl3N4/c1-12-13(10-21-23-8-3-2-4-9-23)17(20)24(22-12)11-14-15(18)6-5-7-16(14)19/h5-7,10H,2-4,8-9,11H2,1H3. The molecule has 0 bridgehead atoms. The van der Waals surface area contributed by atoms with Gasteiger partial charge < -0.3 is 0 Å². The maximum atomic E-state index is 6.51. The van der Waals surface area contributed by atoms with Crippen LogP contribution >= 0.6 is 34.8 Å². The maximum absolute atomic E-state index is 6.51. The first kappa shape index (κ1) is 17.6. The van der Waals surface area contributed by atoms with Crippen LogP contribution in [0.4, 0.5) is 0 Å². The van der Waals surface area contributed by atoms with E-state index in [-0.39, 0.29) is 0 Å². The minimum absolute atomic E-state index is 0.426. The first-order valence-electron chi connectivity index (χ1n) is 8.01. The summed E-state index contributed by atoms with van der Waals surface area (Å²) in [5, 5.41) is 12.9. The van der Waals surface area contributed by atoms with Crippen LogP contribution in [0.3, 0.4) is 0 Å². The van der Waals surface area contributed by atoms with Gasteiger partial charge in [-0.05, 0) is 38.3 Å². The molecule has 0 radical (unpaired) electrons. The number of aromatic nitrogens is 2. The van der Waals surface area contributed by atoms with Crippen molar-refractivity contribution in [3.8, 4) is 0 Å². The Balaban J connectivity index is 1.82. The number of nitrogens with zero attached hydrogens (tertiary/aromatic N) is 4. The number of hydrogen-bond donors (Lipinski definition) is 0. The van der Waals surface area contributed by atoms with Crippen LogP contribution in [0.5, 0.6) is 0 Å². The van der Waals surface area contributed by atoms with Crippen LogP contribution in [0.25, 0.3) is 0 Å². The smallest absolute Gasteiger partial charge is 0.136 e. The van der Waals surface area contributed by atoms with Gasteiger partial charge in [0.1, 0.15) is 5.15 Å². The quantitative estimate of drug-likeness (QED) is 0.692. The molecule has 0 atom stereocenters. The zero-order valence-corrected chi connectivity index (χ0v) is 15.7. The van der Waals surface area contributed by atoms with E-state index in [1.807, 2.05) is 25.1 Å². The molecule has 1 aliphatic heterocycles. The van der Waals surface area contributed by atoms with E-state index in [1.165, 1.54) is 19.3 Å². The second kappa shape index (κ2) is 7.77. The Morgan fingerprint density at radius 2 is 1.79 bits per heavy atom. The molecule has 2 heterocycles. The van der Waals surface area contributed by atoms with Crippen molar-refractivity contribution in [2.24, 2.45) is 5.10 Å². The molecule has 0 N–H and O–H groups in total. The van der Waals surface area contributed by atoms with Crippen LogP contribution < -0.4 is 0 Å². The van der Waals surface area contributed by atoms with Gasteiger partial charge in [0.05, 0.1) is 24.0 Å². The summed E-state index contributed by atoms with van der Waals surface area (Å²) >= 11 is 19.0. The molecule has 0 saturated carbocycles. The first-order valence-corrected chi connectivity index (χ1v) is 9.14. The number of aryl methyl sites for hydroxylation is 1. The fourth-order valence-electron chi connectivity index (χ4n) is 2.78. The van der Waals surface area contributed by atoms with Gasteiger partial charge in [-0.25, -0.2) is 4.68 Å². The Morgan fingerprint density at radius 3 is 2.46 bits per heavy atom. The lowest BCUT2D eigenvalue weighted by atomic mass is 10.2. The van der Waals surface area contributed by atoms with Gasteiger partial charge in [-0.2, -0.15) is 10.2 Å². The average molecular weight is 386 g/mol. The highest BCUT2D eigenvalue weighted by atomic mass is 35.5. The molecule has 0 unspecified atom stereocenters. The van der Waals surface area contributed by atoms with Gasteiger partial charge in [0.2, 0.25) is 0 Å². The second-order valence-electron chi connectivity index (χ2n) is 5.91. The molecule has 2 aromatic rings. The summed E-state index contributed by atoms with van der Waals surface area (Å²) in [5.41, 5.74) is 2.49. The van der Waals surface area contributed by atoms with Crippen LogP contribution in [-0.4, -0.2) is 34.1 Å². The van der Waals surface area contributed by atoms with Crippen molar-refractivity contribution in [3.63, 3.8) is 0 Å². The van der Waals surface area contributed by atoms with Gasteiger partial charge in [-0.3, -0.25) is 5.01 Å². The fourth-order valence-corrected chi connectivity index (χ4v) is 3.58. The molecule has 1 saturated heterocycles. The van der Waals surface area contributed by atoms with Crippen LogP contribution in [0.1, 0.15) is 36.1 Å². The van der Waals surface area contributed by atoms with E-state index >= 15 is 0 Å². The van der Waals surface area contributed by atoms with Gasteiger partial charge in [0.15, 0.2) is 0 Å². The Morgan fingerprint density at radius 1 is 1.12 bits per heavy atom. The molecule has 1 aromatic heterocycles. The van der Waals surface area contributed by atoms with Gasteiger partial charge in [0, 0.05) is 28.7 Å². The maximum Gasteiger partial charge on any atom is 0.136 e. The van der Waals surface area contributed by atoms with E-state index in [9.17, 15) is 0 Å². The van der Waals surface area contributed by atoms with Crippen LogP contribution in [0.15, 0.2) is 23.3 Å². The molecule has 0 spiro atoms. The Kier molecular flexibility index (Phi) is 5.69. The fraction of sp³-hybridized carbons (Fsp3) is 0.412. The predicted octanol–water partition coefficient (Wildman–Crippen LogP) is 5.02. The van der Waals surface area contributed by atoms with E-state index < -0.39 is 0 Å². The van der Waals surface area contributed by atoms with Crippen molar-refractivity contribution in [2.45, 2.75) is 32.7 Å². The summed E-state index contributed by atoms with van der Waals surface area (Å²) in [6.45, 7) is 4.34. The molecular weight excluding hydrogens is 367 g/mol. The van der Waals surface area contributed by atoms with Crippen LogP contribution in [-0.2, 0) is 6.54 Å². The third-order valence-corrected chi connectivity index (χ3v) is 5.27. The number of hydrogen-bond acceptors (Lipinski definition) is 3. The summed E-state index contributed by atoms with van der Waals surface area (Å²) < 4.78 is 1.71. The largest absolute Gasteiger partial charge is 0.297 e. The van der Waals surface area contributed by atoms with Crippen molar-refractivity contribution < 1.29 is 0 Å². The molecule has 1 aliphatic rings. The first-order chi connectivity index (χ1) is 11.6. The summed E-state index contributed by atoms with van der Waals surface area (Å²) in [6.07, 6.45) is 5.46. The van der Waals surface area contributed by atoms with E-state index in [2.05, 4.69) is 15.2 Å². The monoisotopic (exact) mass is 384 g/mol. The molecule has 4 nitrogen and oxygen atoms in total. The van der Waals surface area contributed by atoms with Gasteiger partial charge in [-0.15, -0.1) is 0 Å². The molecule has 24 heavy (non-hydrogen) atoms. The van der Waals surface area contributed by atoms with E-state index in [4.69, 9.17) is 34.8 Å². The van der Waals surface area contributed by atoms with Crippen molar-refractivity contribution in [1.82, 2.24) is 14.8 Å². The van der Waals surface area contributed by atoms with Crippen molar-refractivity contribution in [3.05, 3.63) is 50.2 Å². The van der Waals surface area contributed by atoms with Crippen LogP contribution in [0.2, 0.25) is 15.2 Å². The topological polar surface area (TPSA) is 33.4 Å². The van der Waals surface area contributed by atoms with Gasteiger partial charge in [0.25, 0.3) is 0 Å². The number of hydrazone groups is 1. The molecule has 1 aromatic carbocycles. The minimum Gasteiger partial charge on any atom is -0.297 e. The van der Waals surface area contributed by atoms with E-state index in [0.29, 0.717) is 21.7 Å². The normalized spacial score (nSPS) is 15.4. The highest BCUT2D eigenvalue weighted by Gasteiger charge is 2.15. The molecule has 1 fully saturated rings. The zero-order valence-electron chi connectivity index (χ0n) is 13.5. The van der Waals surface area contributed by atoms with Crippen molar-refractivity contribution >= 4 is 41.0 Å². The Labute approximate surface area is 157 Å². The predicted molar refractivity (Wildman–Crippen MR) is 101 cm³/mol. The molecule has 0 aliphatic carbocycles. The van der Waals surface area contributed by atoms with Crippen molar-refractivity contribution in [1.29, 1.82) is 0 Å². The van der Waals surface area contributed by atoms with Crippen LogP contribution in [0, 0.1) is 6.92 Å². The highest BCUT2D eigenvalue weighted by Crippen LogP contribution is 2.27. The van der Waals surface area contributed by atoms with Gasteiger partial charge in [-0.1, -0.05) is 40.9 Å². The summed E-state index contributed by atoms with van der Waals surface area (Å²) in [7, 11) is 0. The van der Waals surface area contributed by atoms with E-state index in [0.717, 1.165) is 29.9 Å². The van der Waals surface area contributed by atoms with Crippen molar-refractivity contribution in [2.75, 3.05) is 13.1 Å². The lowest BCUT2D eigenvalue weighted by molar-refractivity contribution is 0.240. The van der Waals surface area contributed by atoms with Gasteiger partial charge >= 0.3 is 0 Å². The molecule has 7 heteroatoms. The number of rotatable bonds is 4. The minimum atomic E-state index is 0.426. The number of benzene rings is 1. The summed E-state index contributed by atoms with van der Waals surface area (Å²) in [6, 6.07) is 5.44. The highest BCUT2D eigenvalue weighted by molar-refractivity contribution is 6.36.